The Balaban J connectivity index is 0.00000324. The number of nitrogens with zero attached hydrogens (tertiary/aromatic N) is 1. The van der Waals surface area contributed by atoms with Crippen LogP contribution < -0.4 is 11.1 Å². The van der Waals surface area contributed by atoms with E-state index in [2.05, 4.69) is 5.32 Å². The number of likely N-dealkylation sites (N-methyl/N-ethyl adjacent to an activating group) is 2. The number of nitrogens with one attached hydrogen (secondary N) is 1. The van der Waals surface area contributed by atoms with Gasteiger partial charge in [0.05, 0.1) is 6.54 Å². The lowest BCUT2D eigenvalue weighted by Gasteiger charge is -2.25. The number of carbonyl (C=O) groups excluding carboxylic acids is 2. The molecule has 1 aromatic rings. The van der Waals surface area contributed by atoms with Crippen LogP contribution in [0.3, 0.4) is 0 Å². The average Bonchev–Trinajstić information content (AvgIpc) is 2.36. The zero-order chi connectivity index (χ0) is 13.5. The second kappa shape index (κ2) is 8.50. The predicted molar refractivity (Wildman–Crippen MR) is 77.1 cm³/mol. The zero-order valence-electron chi connectivity index (χ0n) is 11.1. The fraction of sp³-hybridized carbons (Fsp3) is 0.385. The smallest absolute Gasteiger partial charge is 0.240 e. The third kappa shape index (κ3) is 5.28. The van der Waals surface area contributed by atoms with Crippen LogP contribution in [0, 0.1) is 0 Å². The number of benzene rings is 1. The summed E-state index contributed by atoms with van der Waals surface area (Å²) in [6.07, 6.45) is 0.433. The van der Waals surface area contributed by atoms with Gasteiger partial charge >= 0.3 is 0 Å². The molecule has 2 amide bonds. The van der Waals surface area contributed by atoms with Crippen LogP contribution >= 0.6 is 12.4 Å². The molecule has 0 saturated carbocycles. The van der Waals surface area contributed by atoms with E-state index in [9.17, 15) is 9.59 Å². The van der Waals surface area contributed by atoms with Crippen molar-refractivity contribution in [3.63, 3.8) is 0 Å². The largest absolute Gasteiger partial charge is 0.368 e. The Morgan fingerprint density at radius 2 is 1.89 bits per heavy atom. The first kappa shape index (κ1) is 17.4. The van der Waals surface area contributed by atoms with Crippen LogP contribution in [0.4, 0.5) is 0 Å². The van der Waals surface area contributed by atoms with Gasteiger partial charge in [0.25, 0.3) is 0 Å². The van der Waals surface area contributed by atoms with E-state index in [1.54, 1.807) is 14.1 Å². The van der Waals surface area contributed by atoms with Crippen molar-refractivity contribution in [2.75, 3.05) is 20.6 Å². The van der Waals surface area contributed by atoms with Gasteiger partial charge in [0.1, 0.15) is 6.04 Å². The van der Waals surface area contributed by atoms with Gasteiger partial charge in [-0.1, -0.05) is 30.3 Å². The van der Waals surface area contributed by atoms with Crippen molar-refractivity contribution < 1.29 is 9.59 Å². The number of hydrogen-bond acceptors (Lipinski definition) is 3. The molecule has 19 heavy (non-hydrogen) atoms. The number of rotatable bonds is 6. The van der Waals surface area contributed by atoms with Crippen molar-refractivity contribution in [1.29, 1.82) is 0 Å². The third-order valence-electron chi connectivity index (χ3n) is 2.79. The quantitative estimate of drug-likeness (QED) is 0.783. The Kier molecular flexibility index (Phi) is 7.79. The molecule has 1 unspecified atom stereocenters. The summed E-state index contributed by atoms with van der Waals surface area (Å²) >= 11 is 0. The summed E-state index contributed by atoms with van der Waals surface area (Å²) in [5.74, 6) is -0.650. The topological polar surface area (TPSA) is 75.4 Å². The van der Waals surface area contributed by atoms with Gasteiger partial charge in [-0.05, 0) is 12.6 Å². The van der Waals surface area contributed by atoms with Gasteiger partial charge in [-0.2, -0.15) is 0 Å². The van der Waals surface area contributed by atoms with Gasteiger partial charge in [-0.3, -0.25) is 9.59 Å². The molecule has 0 heterocycles. The number of amides is 2. The van der Waals surface area contributed by atoms with Crippen LogP contribution in [0.15, 0.2) is 30.3 Å². The number of hydrogen-bond donors (Lipinski definition) is 2. The highest BCUT2D eigenvalue weighted by Crippen LogP contribution is 2.07. The highest BCUT2D eigenvalue weighted by atomic mass is 35.5. The van der Waals surface area contributed by atoms with Gasteiger partial charge in [-0.25, -0.2) is 0 Å². The van der Waals surface area contributed by atoms with E-state index in [4.69, 9.17) is 5.73 Å². The molecular formula is C13H20ClN3O2. The molecular weight excluding hydrogens is 266 g/mol. The molecule has 106 valence electrons. The average molecular weight is 286 g/mol. The fourth-order valence-corrected chi connectivity index (χ4v) is 1.72. The molecule has 0 spiro atoms. The van der Waals surface area contributed by atoms with Crippen LogP contribution in [0.1, 0.15) is 5.56 Å². The molecule has 5 nitrogen and oxygen atoms in total. The lowest BCUT2D eigenvalue weighted by molar-refractivity contribution is -0.136. The molecule has 0 aliphatic heterocycles. The number of primary amides is 1. The summed E-state index contributed by atoms with van der Waals surface area (Å²) < 4.78 is 0. The minimum Gasteiger partial charge on any atom is -0.368 e. The first-order chi connectivity index (χ1) is 8.56. The molecule has 0 aromatic heterocycles. The van der Waals surface area contributed by atoms with E-state index >= 15 is 0 Å². The van der Waals surface area contributed by atoms with Crippen molar-refractivity contribution in [3.05, 3.63) is 35.9 Å². The van der Waals surface area contributed by atoms with Crippen molar-refractivity contribution >= 4 is 24.2 Å². The van der Waals surface area contributed by atoms with Gasteiger partial charge in [0, 0.05) is 13.5 Å². The van der Waals surface area contributed by atoms with Crippen molar-refractivity contribution in [1.82, 2.24) is 10.2 Å². The van der Waals surface area contributed by atoms with Crippen molar-refractivity contribution in [2.24, 2.45) is 5.73 Å². The molecule has 1 rings (SSSR count). The molecule has 0 saturated heterocycles. The number of halogens is 1. The zero-order valence-corrected chi connectivity index (χ0v) is 11.9. The van der Waals surface area contributed by atoms with Crippen LogP contribution in [0.5, 0.6) is 0 Å². The Morgan fingerprint density at radius 3 is 2.37 bits per heavy atom. The Bertz CT molecular complexity index is 412. The maximum Gasteiger partial charge on any atom is 0.240 e. The third-order valence-corrected chi connectivity index (χ3v) is 2.79. The van der Waals surface area contributed by atoms with E-state index in [0.29, 0.717) is 6.42 Å². The minimum absolute atomic E-state index is 0. The molecule has 0 aliphatic carbocycles. The van der Waals surface area contributed by atoms with Gasteiger partial charge < -0.3 is 16.0 Å². The number of nitrogens with two attached hydrogens (primary N) is 1. The molecule has 0 bridgehead atoms. The van der Waals surface area contributed by atoms with E-state index in [-0.39, 0.29) is 24.9 Å². The molecule has 0 aliphatic rings. The predicted octanol–water partition coefficient (Wildman–Crippen LogP) is 0.183. The monoisotopic (exact) mass is 285 g/mol. The fourth-order valence-electron chi connectivity index (χ4n) is 1.72. The summed E-state index contributed by atoms with van der Waals surface area (Å²) in [5.41, 5.74) is 6.34. The SMILES string of the molecule is CNCC(=O)N(C)C(Cc1ccccc1)C(N)=O.Cl. The molecule has 1 atom stereocenters. The highest BCUT2D eigenvalue weighted by molar-refractivity contribution is 5.87. The normalized spacial score (nSPS) is 11.3. The summed E-state index contributed by atoms with van der Waals surface area (Å²) in [4.78, 5) is 24.6. The lowest BCUT2D eigenvalue weighted by Crippen LogP contribution is -2.49. The number of carbonyl (C=O) groups is 2. The van der Waals surface area contributed by atoms with Crippen molar-refractivity contribution in [3.8, 4) is 0 Å². The first-order valence-electron chi connectivity index (χ1n) is 5.79. The van der Waals surface area contributed by atoms with Gasteiger partial charge in [0.2, 0.25) is 11.8 Å². The summed E-state index contributed by atoms with van der Waals surface area (Å²) in [6, 6.07) is 8.89. The molecule has 1 aromatic carbocycles. The summed E-state index contributed by atoms with van der Waals surface area (Å²) in [6.45, 7) is 0.190. The van der Waals surface area contributed by atoms with E-state index in [1.165, 1.54) is 4.90 Å². The standard InChI is InChI=1S/C13H19N3O2.ClH/c1-15-9-12(17)16(2)11(13(14)18)8-10-6-4-3-5-7-10;/h3-7,11,15H,8-9H2,1-2H3,(H2,14,18);1H. The Hall–Kier alpha value is -1.59. The van der Waals surface area contributed by atoms with E-state index in [1.807, 2.05) is 30.3 Å². The Labute approximate surface area is 119 Å². The highest BCUT2D eigenvalue weighted by Gasteiger charge is 2.24. The molecule has 0 radical (unpaired) electrons. The molecule has 0 fully saturated rings. The van der Waals surface area contributed by atoms with E-state index < -0.39 is 11.9 Å². The second-order valence-electron chi connectivity index (χ2n) is 4.14. The maximum atomic E-state index is 11.7. The van der Waals surface area contributed by atoms with Crippen LogP contribution in [-0.2, 0) is 16.0 Å². The summed E-state index contributed by atoms with van der Waals surface area (Å²) in [7, 11) is 3.28. The van der Waals surface area contributed by atoms with Crippen molar-refractivity contribution in [2.45, 2.75) is 12.5 Å². The minimum atomic E-state index is -0.617. The van der Waals surface area contributed by atoms with Crippen LogP contribution in [0.2, 0.25) is 0 Å². The molecule has 3 N–H and O–H groups in total. The van der Waals surface area contributed by atoms with E-state index in [0.717, 1.165) is 5.56 Å². The Morgan fingerprint density at radius 1 is 1.32 bits per heavy atom. The van der Waals surface area contributed by atoms with Crippen LogP contribution in [-0.4, -0.2) is 43.4 Å². The maximum absolute atomic E-state index is 11.7. The summed E-state index contributed by atoms with van der Waals surface area (Å²) in [5, 5.41) is 2.76. The van der Waals surface area contributed by atoms with Gasteiger partial charge in [-0.15, -0.1) is 12.4 Å². The van der Waals surface area contributed by atoms with Gasteiger partial charge in [0.15, 0.2) is 0 Å². The lowest BCUT2D eigenvalue weighted by atomic mass is 10.0. The second-order valence-corrected chi connectivity index (χ2v) is 4.14. The van der Waals surface area contributed by atoms with Crippen LogP contribution in [0.25, 0.3) is 0 Å². The first-order valence-corrected chi connectivity index (χ1v) is 5.79. The molecule has 6 heteroatoms.